The van der Waals surface area contributed by atoms with Gasteiger partial charge in [-0.1, -0.05) is 18.6 Å². The Morgan fingerprint density at radius 2 is 2.16 bits per heavy atom. The molecule has 19 heavy (non-hydrogen) atoms. The van der Waals surface area contributed by atoms with Gasteiger partial charge in [-0.2, -0.15) is 0 Å². The molecule has 3 rings (SSSR count). The molecule has 0 aromatic carbocycles. The predicted molar refractivity (Wildman–Crippen MR) is 70.5 cm³/mol. The Kier molecular flexibility index (Phi) is 2.88. The van der Waals surface area contributed by atoms with Gasteiger partial charge in [-0.05, 0) is 26.2 Å². The fraction of sp³-hybridized carbons (Fsp3) is 0.867. The quantitative estimate of drug-likeness (QED) is 0.620. The maximum atomic E-state index is 10.9. The largest absolute Gasteiger partial charge is 0.396 e. The van der Waals surface area contributed by atoms with Crippen LogP contribution in [0.4, 0.5) is 0 Å². The topological polar surface area (TPSA) is 69.9 Å². The lowest BCUT2D eigenvalue weighted by atomic mass is 9.51. The van der Waals surface area contributed by atoms with Gasteiger partial charge in [-0.3, -0.25) is 0 Å². The maximum Gasteiger partial charge on any atom is 0.0966 e. The van der Waals surface area contributed by atoms with Gasteiger partial charge in [0, 0.05) is 17.3 Å². The molecule has 3 aliphatic rings. The second-order valence-corrected chi connectivity index (χ2v) is 6.98. The minimum absolute atomic E-state index is 0.00697. The highest BCUT2D eigenvalue weighted by molar-refractivity contribution is 5.24. The zero-order valence-electron chi connectivity index (χ0n) is 11.7. The summed E-state index contributed by atoms with van der Waals surface area (Å²) in [4.78, 5) is 0. The van der Waals surface area contributed by atoms with E-state index in [0.717, 1.165) is 12.8 Å². The van der Waals surface area contributed by atoms with Gasteiger partial charge in [0.05, 0.1) is 31.0 Å². The van der Waals surface area contributed by atoms with E-state index in [4.69, 9.17) is 4.74 Å². The van der Waals surface area contributed by atoms with E-state index >= 15 is 0 Å². The first kappa shape index (κ1) is 13.6. The molecule has 0 unspecified atom stereocenters. The number of ether oxygens (including phenoxy) is 1. The molecule has 1 aliphatic heterocycles. The van der Waals surface area contributed by atoms with Crippen LogP contribution in [0.3, 0.4) is 0 Å². The third kappa shape index (κ3) is 1.54. The molecule has 0 radical (unpaired) electrons. The highest BCUT2D eigenvalue weighted by Gasteiger charge is 2.69. The van der Waals surface area contributed by atoms with Crippen molar-refractivity contribution in [2.24, 2.45) is 10.8 Å². The van der Waals surface area contributed by atoms with Gasteiger partial charge >= 0.3 is 0 Å². The number of aliphatic hydroxyl groups excluding tert-OH is 2. The van der Waals surface area contributed by atoms with Crippen LogP contribution in [0.2, 0.25) is 0 Å². The van der Waals surface area contributed by atoms with E-state index in [-0.39, 0.29) is 19.3 Å². The number of fused-ring (bicyclic) bond motifs is 3. The van der Waals surface area contributed by atoms with Crippen molar-refractivity contribution in [2.75, 3.05) is 13.2 Å². The standard InChI is InChI=1S/C15H24O4/c1-10-3-4-14(8-16)12(5-10)19-9-15(18)7-11(17)6-13(14,15)2/h5,11-12,16-18H,3-4,6-9H2,1-2H3/t11-,12-,13+,14+,15+/m0/s1. The van der Waals surface area contributed by atoms with E-state index in [9.17, 15) is 15.3 Å². The van der Waals surface area contributed by atoms with Crippen LogP contribution >= 0.6 is 0 Å². The Labute approximate surface area is 114 Å². The second-order valence-electron chi connectivity index (χ2n) is 6.98. The van der Waals surface area contributed by atoms with Crippen molar-refractivity contribution in [1.29, 1.82) is 0 Å². The van der Waals surface area contributed by atoms with Crippen LogP contribution in [0.15, 0.2) is 11.6 Å². The molecule has 0 aromatic heterocycles. The fourth-order valence-corrected chi connectivity index (χ4v) is 4.67. The highest BCUT2D eigenvalue weighted by atomic mass is 16.5. The number of hydrogen-bond donors (Lipinski definition) is 3. The van der Waals surface area contributed by atoms with Crippen molar-refractivity contribution >= 4 is 0 Å². The van der Waals surface area contributed by atoms with Gasteiger partial charge in [0.2, 0.25) is 0 Å². The van der Waals surface area contributed by atoms with Gasteiger partial charge in [0.15, 0.2) is 0 Å². The lowest BCUT2D eigenvalue weighted by Gasteiger charge is -2.60. The van der Waals surface area contributed by atoms with Gasteiger partial charge in [-0.25, -0.2) is 0 Å². The summed E-state index contributed by atoms with van der Waals surface area (Å²) >= 11 is 0. The first-order valence-electron chi connectivity index (χ1n) is 7.17. The first-order valence-corrected chi connectivity index (χ1v) is 7.17. The number of allylic oxidation sites excluding steroid dienone is 1. The second kappa shape index (κ2) is 4.04. The molecule has 4 heteroatoms. The lowest BCUT2D eigenvalue weighted by Crippen LogP contribution is -2.66. The van der Waals surface area contributed by atoms with Crippen molar-refractivity contribution in [2.45, 2.75) is 57.3 Å². The van der Waals surface area contributed by atoms with Crippen LogP contribution in [0.5, 0.6) is 0 Å². The summed E-state index contributed by atoms with van der Waals surface area (Å²) < 4.78 is 5.88. The molecule has 0 aromatic rings. The molecular formula is C15H24O4. The summed E-state index contributed by atoms with van der Waals surface area (Å²) in [5, 5.41) is 31.0. The third-order valence-electron chi connectivity index (χ3n) is 6.07. The molecule has 0 bridgehead atoms. The normalized spacial score (nSPS) is 53.4. The minimum Gasteiger partial charge on any atom is -0.396 e. The van der Waals surface area contributed by atoms with Crippen LogP contribution in [0, 0.1) is 10.8 Å². The fourth-order valence-electron chi connectivity index (χ4n) is 4.67. The van der Waals surface area contributed by atoms with Crippen LogP contribution < -0.4 is 0 Å². The van der Waals surface area contributed by atoms with Crippen molar-refractivity contribution in [3.05, 3.63) is 11.6 Å². The average molecular weight is 268 g/mol. The van der Waals surface area contributed by atoms with Crippen molar-refractivity contribution in [3.63, 3.8) is 0 Å². The number of aliphatic hydroxyl groups is 3. The monoisotopic (exact) mass is 268 g/mol. The minimum atomic E-state index is -1.02. The molecule has 108 valence electrons. The Hall–Kier alpha value is -0.420. The summed E-state index contributed by atoms with van der Waals surface area (Å²) in [6.07, 6.45) is 4.05. The van der Waals surface area contributed by atoms with Gasteiger partial charge < -0.3 is 20.1 Å². The molecule has 0 spiro atoms. The number of rotatable bonds is 1. The first-order chi connectivity index (χ1) is 8.87. The Bertz CT molecular complexity index is 420. The Morgan fingerprint density at radius 1 is 1.42 bits per heavy atom. The smallest absolute Gasteiger partial charge is 0.0966 e. The van der Waals surface area contributed by atoms with E-state index in [1.807, 2.05) is 6.92 Å². The van der Waals surface area contributed by atoms with E-state index in [1.165, 1.54) is 5.57 Å². The van der Waals surface area contributed by atoms with Crippen LogP contribution in [0.1, 0.15) is 39.5 Å². The average Bonchev–Trinajstić information content (AvgIpc) is 2.59. The summed E-state index contributed by atoms with van der Waals surface area (Å²) in [5.74, 6) is 0. The molecule has 5 atom stereocenters. The molecule has 0 amide bonds. The molecule has 2 aliphatic carbocycles. The van der Waals surface area contributed by atoms with Crippen molar-refractivity contribution < 1.29 is 20.1 Å². The van der Waals surface area contributed by atoms with Crippen LogP contribution in [-0.4, -0.2) is 46.3 Å². The lowest BCUT2D eigenvalue weighted by molar-refractivity contribution is -0.260. The molecule has 1 saturated heterocycles. The molecule has 4 nitrogen and oxygen atoms in total. The summed E-state index contributed by atoms with van der Waals surface area (Å²) in [6.45, 7) is 4.34. The summed E-state index contributed by atoms with van der Waals surface area (Å²) in [7, 11) is 0. The van der Waals surface area contributed by atoms with Gasteiger partial charge in [-0.15, -0.1) is 0 Å². The SMILES string of the molecule is CC1=C[C@@H]2OC[C@]3(O)C[C@@H](O)C[C@]3(C)[C@@]2(CO)CC1. The van der Waals surface area contributed by atoms with Crippen molar-refractivity contribution in [1.82, 2.24) is 0 Å². The van der Waals surface area contributed by atoms with E-state index in [0.29, 0.717) is 12.8 Å². The molecule has 2 fully saturated rings. The van der Waals surface area contributed by atoms with E-state index < -0.39 is 22.5 Å². The number of hydrogen-bond acceptors (Lipinski definition) is 4. The van der Waals surface area contributed by atoms with Crippen LogP contribution in [0.25, 0.3) is 0 Å². The molecule has 3 N–H and O–H groups in total. The predicted octanol–water partition coefficient (Wildman–Crippen LogP) is 0.996. The van der Waals surface area contributed by atoms with Gasteiger partial charge in [0.1, 0.15) is 0 Å². The Morgan fingerprint density at radius 3 is 2.84 bits per heavy atom. The third-order valence-corrected chi connectivity index (χ3v) is 6.07. The molecular weight excluding hydrogens is 244 g/mol. The maximum absolute atomic E-state index is 10.9. The molecule has 1 heterocycles. The zero-order chi connectivity index (χ0) is 13.9. The summed E-state index contributed by atoms with van der Waals surface area (Å²) in [5.41, 5.74) is -0.711. The molecule has 1 saturated carbocycles. The Balaban J connectivity index is 2.09. The van der Waals surface area contributed by atoms with E-state index in [1.54, 1.807) is 0 Å². The van der Waals surface area contributed by atoms with Crippen LogP contribution in [-0.2, 0) is 4.74 Å². The zero-order valence-corrected chi connectivity index (χ0v) is 11.7. The summed E-state index contributed by atoms with van der Waals surface area (Å²) in [6, 6.07) is 0. The van der Waals surface area contributed by atoms with Gasteiger partial charge in [0.25, 0.3) is 0 Å². The highest BCUT2D eigenvalue weighted by Crippen LogP contribution is 2.64. The van der Waals surface area contributed by atoms with Crippen molar-refractivity contribution in [3.8, 4) is 0 Å². The van der Waals surface area contributed by atoms with E-state index in [2.05, 4.69) is 13.0 Å².